The summed E-state index contributed by atoms with van der Waals surface area (Å²) < 4.78 is 10.5. The minimum atomic E-state index is -0.876. The molecule has 0 bridgehead atoms. The highest BCUT2D eigenvalue weighted by molar-refractivity contribution is 7.16. The maximum atomic E-state index is 12.1. The Morgan fingerprint density at radius 1 is 1.33 bits per heavy atom. The van der Waals surface area contributed by atoms with Gasteiger partial charge in [-0.1, -0.05) is 11.6 Å². The monoisotopic (exact) mass is 404 g/mol. The minimum absolute atomic E-state index is 0.444. The SMILES string of the molecule is C[C@H](Oc1ccc(Cl)cc1)C(=O)OCC(=O)Nc1sc2c(c1C#N)CCC2. The van der Waals surface area contributed by atoms with Gasteiger partial charge in [-0.25, -0.2) is 4.79 Å². The summed E-state index contributed by atoms with van der Waals surface area (Å²) >= 11 is 7.21. The summed E-state index contributed by atoms with van der Waals surface area (Å²) in [5.41, 5.74) is 1.55. The largest absolute Gasteiger partial charge is 0.479 e. The number of esters is 1. The van der Waals surface area contributed by atoms with E-state index in [0.717, 1.165) is 29.7 Å². The predicted molar refractivity (Wildman–Crippen MR) is 102 cm³/mol. The first-order valence-electron chi connectivity index (χ1n) is 8.41. The quantitative estimate of drug-likeness (QED) is 0.741. The summed E-state index contributed by atoms with van der Waals surface area (Å²) in [7, 11) is 0. The highest BCUT2D eigenvalue weighted by Crippen LogP contribution is 2.38. The lowest BCUT2D eigenvalue weighted by Crippen LogP contribution is -2.29. The molecule has 27 heavy (non-hydrogen) atoms. The lowest BCUT2D eigenvalue weighted by Gasteiger charge is -2.14. The molecular formula is C19H17ClN2O4S. The van der Waals surface area contributed by atoms with Gasteiger partial charge in [-0.15, -0.1) is 11.3 Å². The molecule has 0 unspecified atom stereocenters. The number of amides is 1. The molecule has 1 aromatic heterocycles. The molecule has 0 radical (unpaired) electrons. The normalized spacial score (nSPS) is 13.4. The van der Waals surface area contributed by atoms with E-state index in [-0.39, 0.29) is 0 Å². The van der Waals surface area contributed by atoms with Crippen molar-refractivity contribution in [3.8, 4) is 11.8 Å². The second-order valence-corrected chi connectivity index (χ2v) is 7.58. The molecule has 0 saturated carbocycles. The summed E-state index contributed by atoms with van der Waals surface area (Å²) in [5.74, 6) is -0.673. The number of fused-ring (bicyclic) bond motifs is 1. The zero-order valence-corrected chi connectivity index (χ0v) is 16.2. The molecule has 1 aliphatic rings. The predicted octanol–water partition coefficient (Wildman–Crippen LogP) is 3.71. The molecule has 6 nitrogen and oxygen atoms in total. The molecule has 1 aliphatic carbocycles. The lowest BCUT2D eigenvalue weighted by atomic mass is 10.1. The van der Waals surface area contributed by atoms with Crippen molar-refractivity contribution in [1.82, 2.24) is 0 Å². The van der Waals surface area contributed by atoms with E-state index in [1.54, 1.807) is 24.3 Å². The van der Waals surface area contributed by atoms with Crippen LogP contribution in [0.1, 0.15) is 29.3 Å². The number of hydrogen-bond donors (Lipinski definition) is 1. The van der Waals surface area contributed by atoms with Crippen LogP contribution in [-0.2, 0) is 27.2 Å². The Balaban J connectivity index is 1.51. The van der Waals surface area contributed by atoms with E-state index in [1.807, 2.05) is 0 Å². The van der Waals surface area contributed by atoms with Crippen LogP contribution >= 0.6 is 22.9 Å². The maximum absolute atomic E-state index is 12.1. The van der Waals surface area contributed by atoms with Crippen molar-refractivity contribution in [2.24, 2.45) is 0 Å². The number of nitrogens with zero attached hydrogens (tertiary/aromatic N) is 1. The number of nitrogens with one attached hydrogen (secondary N) is 1. The van der Waals surface area contributed by atoms with Crippen molar-refractivity contribution in [3.63, 3.8) is 0 Å². The highest BCUT2D eigenvalue weighted by Gasteiger charge is 2.24. The van der Waals surface area contributed by atoms with Crippen LogP contribution in [0.3, 0.4) is 0 Å². The van der Waals surface area contributed by atoms with Crippen LogP contribution in [0.25, 0.3) is 0 Å². The van der Waals surface area contributed by atoms with E-state index in [2.05, 4.69) is 11.4 Å². The van der Waals surface area contributed by atoms with Crippen molar-refractivity contribution < 1.29 is 19.1 Å². The van der Waals surface area contributed by atoms with Gasteiger partial charge in [-0.2, -0.15) is 5.26 Å². The van der Waals surface area contributed by atoms with Gasteiger partial charge in [0, 0.05) is 9.90 Å². The van der Waals surface area contributed by atoms with E-state index in [9.17, 15) is 14.9 Å². The van der Waals surface area contributed by atoms with Crippen molar-refractivity contribution in [2.75, 3.05) is 11.9 Å². The van der Waals surface area contributed by atoms with Gasteiger partial charge in [0.15, 0.2) is 12.7 Å². The van der Waals surface area contributed by atoms with Gasteiger partial charge < -0.3 is 14.8 Å². The first kappa shape index (κ1) is 19.2. The Kier molecular flexibility index (Phi) is 5.99. The van der Waals surface area contributed by atoms with Gasteiger partial charge in [0.1, 0.15) is 16.8 Å². The third-order valence-corrected chi connectivity index (χ3v) is 5.55. The summed E-state index contributed by atoms with van der Waals surface area (Å²) in [5, 5.41) is 13.1. The maximum Gasteiger partial charge on any atom is 0.347 e. The fraction of sp³-hybridized carbons (Fsp3) is 0.316. The smallest absolute Gasteiger partial charge is 0.347 e. The topological polar surface area (TPSA) is 88.4 Å². The molecule has 1 N–H and O–H groups in total. The zero-order valence-electron chi connectivity index (χ0n) is 14.6. The minimum Gasteiger partial charge on any atom is -0.479 e. The van der Waals surface area contributed by atoms with Gasteiger partial charge in [-0.3, -0.25) is 4.79 Å². The second kappa shape index (κ2) is 8.42. The summed E-state index contributed by atoms with van der Waals surface area (Å²) in [6.45, 7) is 1.09. The van der Waals surface area contributed by atoms with Crippen molar-refractivity contribution in [1.29, 1.82) is 5.26 Å². The second-order valence-electron chi connectivity index (χ2n) is 6.04. The standard InChI is InChI=1S/C19H17ClN2O4S/c1-11(26-13-7-5-12(20)6-8-13)19(24)25-10-17(23)22-18-15(9-21)14-3-2-4-16(14)27-18/h5-8,11H,2-4,10H2,1H3,(H,22,23)/t11-/m0/s1. The van der Waals surface area contributed by atoms with Crippen LogP contribution in [0.4, 0.5) is 5.00 Å². The van der Waals surface area contributed by atoms with Gasteiger partial charge in [0.2, 0.25) is 0 Å². The Labute approximate surface area is 165 Å². The van der Waals surface area contributed by atoms with E-state index in [0.29, 0.717) is 21.3 Å². The van der Waals surface area contributed by atoms with E-state index in [1.165, 1.54) is 18.3 Å². The van der Waals surface area contributed by atoms with E-state index < -0.39 is 24.6 Å². The molecule has 2 aromatic rings. The Morgan fingerprint density at radius 3 is 2.78 bits per heavy atom. The van der Waals surface area contributed by atoms with Crippen molar-refractivity contribution >= 4 is 39.8 Å². The Hall–Kier alpha value is -2.56. The van der Waals surface area contributed by atoms with Crippen LogP contribution in [-0.4, -0.2) is 24.6 Å². The third kappa shape index (κ3) is 4.59. The van der Waals surface area contributed by atoms with Crippen molar-refractivity contribution in [2.45, 2.75) is 32.3 Å². The number of hydrogen-bond acceptors (Lipinski definition) is 6. The van der Waals surface area contributed by atoms with Gasteiger partial charge >= 0.3 is 5.97 Å². The fourth-order valence-corrected chi connectivity index (χ4v) is 4.17. The molecule has 3 rings (SSSR count). The van der Waals surface area contributed by atoms with Crippen molar-refractivity contribution in [3.05, 3.63) is 45.3 Å². The van der Waals surface area contributed by atoms with Gasteiger partial charge in [-0.05, 0) is 56.0 Å². The molecule has 0 spiro atoms. The van der Waals surface area contributed by atoms with Crippen LogP contribution in [0.5, 0.6) is 5.75 Å². The number of rotatable bonds is 6. The summed E-state index contributed by atoms with van der Waals surface area (Å²) in [4.78, 5) is 25.2. The van der Waals surface area contributed by atoms with Crippen LogP contribution in [0, 0.1) is 11.3 Å². The molecule has 0 saturated heterocycles. The molecular weight excluding hydrogens is 388 g/mol. The number of carbonyl (C=O) groups excluding carboxylic acids is 2. The zero-order chi connectivity index (χ0) is 19.4. The fourth-order valence-electron chi connectivity index (χ4n) is 2.79. The molecule has 140 valence electrons. The lowest BCUT2D eigenvalue weighted by molar-refractivity contribution is -0.153. The molecule has 8 heteroatoms. The van der Waals surface area contributed by atoms with E-state index >= 15 is 0 Å². The number of anilines is 1. The van der Waals surface area contributed by atoms with Gasteiger partial charge in [0.25, 0.3) is 5.91 Å². The average Bonchev–Trinajstić information content (AvgIpc) is 3.22. The van der Waals surface area contributed by atoms with Crippen LogP contribution in [0.15, 0.2) is 24.3 Å². The summed E-state index contributed by atoms with van der Waals surface area (Å²) in [6.07, 6.45) is 1.95. The first-order chi connectivity index (χ1) is 13.0. The number of ether oxygens (including phenoxy) is 2. The molecule has 0 fully saturated rings. The number of nitriles is 1. The summed E-state index contributed by atoms with van der Waals surface area (Å²) in [6, 6.07) is 8.72. The molecule has 1 aromatic carbocycles. The number of thiophene rings is 1. The van der Waals surface area contributed by atoms with Crippen LogP contribution in [0.2, 0.25) is 5.02 Å². The third-order valence-electron chi connectivity index (χ3n) is 4.09. The van der Waals surface area contributed by atoms with E-state index in [4.69, 9.17) is 21.1 Å². The Bertz CT molecular complexity index is 902. The first-order valence-corrected chi connectivity index (χ1v) is 9.60. The average molecular weight is 405 g/mol. The number of benzene rings is 1. The molecule has 1 atom stereocenters. The molecule has 1 heterocycles. The number of aryl methyl sites for hydroxylation is 1. The Morgan fingerprint density at radius 2 is 2.07 bits per heavy atom. The number of halogens is 1. The molecule has 0 aliphatic heterocycles. The van der Waals surface area contributed by atoms with Gasteiger partial charge in [0.05, 0.1) is 5.56 Å². The number of carbonyl (C=O) groups is 2. The highest BCUT2D eigenvalue weighted by atomic mass is 35.5. The van der Waals surface area contributed by atoms with Crippen LogP contribution < -0.4 is 10.1 Å². The molecule has 1 amide bonds.